The molecule has 0 unspecified atom stereocenters. The van der Waals surface area contributed by atoms with Gasteiger partial charge in [0.05, 0.1) is 0 Å². The molecular formula is C32H20N2. The highest BCUT2D eigenvalue weighted by molar-refractivity contribution is 6.12. The summed E-state index contributed by atoms with van der Waals surface area (Å²) in [4.78, 5) is 7.37. The number of aromatic amines is 2. The normalized spacial score (nSPS) is 13.6. The summed E-state index contributed by atoms with van der Waals surface area (Å²) in [5.74, 6) is 0. The van der Waals surface area contributed by atoms with Gasteiger partial charge in [0.1, 0.15) is 0 Å². The Balaban J connectivity index is 1.26. The van der Waals surface area contributed by atoms with E-state index in [1.165, 1.54) is 88.1 Å². The molecule has 7 aromatic rings. The molecule has 0 atom stereocenters. The molecule has 34 heavy (non-hydrogen) atoms. The van der Waals surface area contributed by atoms with E-state index in [1.807, 2.05) is 0 Å². The van der Waals surface area contributed by atoms with E-state index >= 15 is 0 Å². The van der Waals surface area contributed by atoms with E-state index in [4.69, 9.17) is 0 Å². The van der Waals surface area contributed by atoms with Crippen LogP contribution in [0.2, 0.25) is 0 Å². The quantitative estimate of drug-likeness (QED) is 0.243. The van der Waals surface area contributed by atoms with Crippen LogP contribution in [0.4, 0.5) is 0 Å². The van der Waals surface area contributed by atoms with E-state index in [0.717, 1.165) is 12.8 Å². The first-order valence-electron chi connectivity index (χ1n) is 12.0. The predicted octanol–water partition coefficient (Wildman–Crippen LogP) is 8.10. The van der Waals surface area contributed by atoms with Gasteiger partial charge in [-0.15, -0.1) is 0 Å². The highest BCUT2D eigenvalue weighted by atomic mass is 14.7. The molecule has 0 spiro atoms. The molecule has 2 aromatic heterocycles. The van der Waals surface area contributed by atoms with Crippen LogP contribution in [0.5, 0.6) is 0 Å². The summed E-state index contributed by atoms with van der Waals surface area (Å²) in [7, 11) is 0. The summed E-state index contributed by atoms with van der Waals surface area (Å²) in [6.45, 7) is 0. The lowest BCUT2D eigenvalue weighted by molar-refractivity contribution is 1.27. The Morgan fingerprint density at radius 2 is 0.882 bits per heavy atom. The smallest absolute Gasteiger partial charge is 0.0471 e. The zero-order valence-electron chi connectivity index (χ0n) is 18.5. The summed E-state index contributed by atoms with van der Waals surface area (Å²) in [5.41, 5.74) is 16.2. The first-order chi connectivity index (χ1) is 16.8. The number of fused-ring (bicyclic) bond motifs is 12. The second-order valence-electron chi connectivity index (χ2n) is 9.97. The second-order valence-corrected chi connectivity index (χ2v) is 9.97. The van der Waals surface area contributed by atoms with Crippen LogP contribution in [0.1, 0.15) is 22.3 Å². The van der Waals surface area contributed by atoms with Crippen LogP contribution in [-0.2, 0) is 12.8 Å². The number of hydrogen-bond donors (Lipinski definition) is 2. The van der Waals surface area contributed by atoms with Crippen molar-refractivity contribution in [1.29, 1.82) is 0 Å². The molecule has 2 N–H and O–H groups in total. The maximum atomic E-state index is 3.75. The molecule has 0 saturated carbocycles. The van der Waals surface area contributed by atoms with E-state index in [1.54, 1.807) is 0 Å². The molecule has 2 aliphatic carbocycles. The van der Waals surface area contributed by atoms with E-state index in [2.05, 4.69) is 94.9 Å². The highest BCUT2D eigenvalue weighted by Gasteiger charge is 2.24. The van der Waals surface area contributed by atoms with Crippen molar-refractivity contribution in [1.82, 2.24) is 9.97 Å². The lowest BCUT2D eigenvalue weighted by Gasteiger charge is -2.03. The molecule has 0 radical (unpaired) electrons. The Hall–Kier alpha value is -4.30. The number of rotatable bonds is 0. The van der Waals surface area contributed by atoms with Gasteiger partial charge in [0.25, 0.3) is 0 Å². The van der Waals surface area contributed by atoms with Crippen molar-refractivity contribution in [2.45, 2.75) is 12.8 Å². The SMILES string of the molecule is c1ccc2c(c1)Cc1cc3c(cc1-2)[nH]c1cc2c(cc13)Cc1cc3c(cc1-2)[nH]c1ccccc13. The minimum Gasteiger partial charge on any atom is -0.354 e. The molecular weight excluding hydrogens is 412 g/mol. The van der Waals surface area contributed by atoms with Gasteiger partial charge in [-0.2, -0.15) is 0 Å². The molecule has 2 heterocycles. The van der Waals surface area contributed by atoms with Crippen LogP contribution in [0, 0.1) is 0 Å². The van der Waals surface area contributed by atoms with Crippen molar-refractivity contribution in [3.8, 4) is 22.3 Å². The summed E-state index contributed by atoms with van der Waals surface area (Å²) >= 11 is 0. The minimum atomic E-state index is 0.999. The Morgan fingerprint density at radius 3 is 1.59 bits per heavy atom. The second kappa shape index (κ2) is 5.78. The standard InChI is InChI=1S/C32H20N2/c1-2-6-21-17(5-1)9-18-12-27-28-13-20-10-19-11-26-22-7-3-4-8-29(22)33-30(26)15-24(19)25(20)16-32(28)34-31(27)14-23(18)21/h1-8,11-16,33-34H,9-10H2. The summed E-state index contributed by atoms with van der Waals surface area (Å²) in [5, 5.41) is 5.33. The molecule has 158 valence electrons. The number of H-pyrrole nitrogens is 2. The molecule has 0 fully saturated rings. The monoisotopic (exact) mass is 432 g/mol. The molecule has 2 heteroatoms. The van der Waals surface area contributed by atoms with Gasteiger partial charge in [-0.05, 0) is 99.8 Å². The summed E-state index contributed by atoms with van der Waals surface area (Å²) in [6.07, 6.45) is 2.03. The van der Waals surface area contributed by atoms with Gasteiger partial charge in [0.15, 0.2) is 0 Å². The topological polar surface area (TPSA) is 31.6 Å². The maximum absolute atomic E-state index is 3.75. The van der Waals surface area contributed by atoms with Gasteiger partial charge in [-0.1, -0.05) is 42.5 Å². The molecule has 2 nitrogen and oxygen atoms in total. The van der Waals surface area contributed by atoms with E-state index < -0.39 is 0 Å². The van der Waals surface area contributed by atoms with Gasteiger partial charge in [0, 0.05) is 43.6 Å². The molecule has 0 bridgehead atoms. The molecule has 0 amide bonds. The average Bonchev–Trinajstić information content (AvgIpc) is 3.59. The van der Waals surface area contributed by atoms with Crippen LogP contribution in [0.3, 0.4) is 0 Å². The first-order valence-corrected chi connectivity index (χ1v) is 12.0. The van der Waals surface area contributed by atoms with Crippen LogP contribution >= 0.6 is 0 Å². The Morgan fingerprint density at radius 1 is 0.382 bits per heavy atom. The van der Waals surface area contributed by atoms with Gasteiger partial charge in [-0.3, -0.25) is 0 Å². The third kappa shape index (κ3) is 2.07. The number of aromatic nitrogens is 2. The lowest BCUT2D eigenvalue weighted by Crippen LogP contribution is -1.81. The molecule has 2 aliphatic rings. The van der Waals surface area contributed by atoms with Gasteiger partial charge in [-0.25, -0.2) is 0 Å². The van der Waals surface area contributed by atoms with Gasteiger partial charge >= 0.3 is 0 Å². The largest absolute Gasteiger partial charge is 0.354 e. The molecule has 5 aromatic carbocycles. The summed E-state index contributed by atoms with van der Waals surface area (Å²) in [6, 6.07) is 31.8. The van der Waals surface area contributed by atoms with Crippen LogP contribution in [0.25, 0.3) is 65.9 Å². The van der Waals surface area contributed by atoms with Crippen molar-refractivity contribution in [2.24, 2.45) is 0 Å². The van der Waals surface area contributed by atoms with Gasteiger partial charge < -0.3 is 9.97 Å². The fourth-order valence-electron chi connectivity index (χ4n) is 6.57. The highest BCUT2D eigenvalue weighted by Crippen LogP contribution is 2.45. The van der Waals surface area contributed by atoms with E-state index in [9.17, 15) is 0 Å². The Bertz CT molecular complexity index is 2020. The fourth-order valence-corrected chi connectivity index (χ4v) is 6.57. The summed E-state index contributed by atoms with van der Waals surface area (Å²) < 4.78 is 0. The van der Waals surface area contributed by atoms with Crippen molar-refractivity contribution >= 4 is 43.6 Å². The van der Waals surface area contributed by atoms with E-state index in [0.29, 0.717) is 0 Å². The van der Waals surface area contributed by atoms with Crippen molar-refractivity contribution < 1.29 is 0 Å². The number of hydrogen-bond acceptors (Lipinski definition) is 0. The third-order valence-electron chi connectivity index (χ3n) is 8.14. The zero-order valence-corrected chi connectivity index (χ0v) is 18.5. The first kappa shape index (κ1) is 17.2. The van der Waals surface area contributed by atoms with Crippen molar-refractivity contribution in [3.05, 3.63) is 107 Å². The molecule has 0 saturated heterocycles. The number of benzene rings is 5. The minimum absolute atomic E-state index is 0.999. The Kier molecular flexibility index (Phi) is 2.93. The number of para-hydroxylation sites is 1. The molecule has 9 rings (SSSR count). The number of nitrogens with one attached hydrogen (secondary N) is 2. The molecule has 0 aliphatic heterocycles. The maximum Gasteiger partial charge on any atom is 0.0471 e. The third-order valence-corrected chi connectivity index (χ3v) is 8.14. The predicted molar refractivity (Wildman–Crippen MR) is 142 cm³/mol. The lowest BCUT2D eigenvalue weighted by atomic mass is 10.00. The van der Waals surface area contributed by atoms with Crippen molar-refractivity contribution in [2.75, 3.05) is 0 Å². The van der Waals surface area contributed by atoms with Crippen LogP contribution in [0.15, 0.2) is 84.9 Å². The fraction of sp³-hybridized carbons (Fsp3) is 0.0625. The van der Waals surface area contributed by atoms with Gasteiger partial charge in [0.2, 0.25) is 0 Å². The van der Waals surface area contributed by atoms with E-state index in [-0.39, 0.29) is 0 Å². The Labute approximate surface area is 195 Å². The zero-order chi connectivity index (χ0) is 22.0. The van der Waals surface area contributed by atoms with Crippen molar-refractivity contribution in [3.63, 3.8) is 0 Å². The van der Waals surface area contributed by atoms with Crippen LogP contribution < -0.4 is 0 Å². The average molecular weight is 433 g/mol. The van der Waals surface area contributed by atoms with Crippen LogP contribution in [-0.4, -0.2) is 9.97 Å².